The van der Waals surface area contributed by atoms with Gasteiger partial charge in [0.25, 0.3) is 0 Å². The van der Waals surface area contributed by atoms with Gasteiger partial charge in [0.2, 0.25) is 0 Å². The van der Waals surface area contributed by atoms with Gasteiger partial charge < -0.3 is 5.32 Å². The van der Waals surface area contributed by atoms with Crippen molar-refractivity contribution in [3.63, 3.8) is 0 Å². The Hall–Kier alpha value is -0.360. The number of halogens is 2. The highest BCUT2D eigenvalue weighted by Crippen LogP contribution is 2.31. The Kier molecular flexibility index (Phi) is 6.29. The average molecular weight is 391 g/mol. The summed E-state index contributed by atoms with van der Waals surface area (Å²) < 4.78 is 4.04. The summed E-state index contributed by atoms with van der Waals surface area (Å²) in [5.41, 5.74) is 2.29. The van der Waals surface area contributed by atoms with Gasteiger partial charge in [0.05, 0.1) is 20.2 Å². The van der Waals surface area contributed by atoms with Crippen LogP contribution in [0.15, 0.2) is 16.6 Å². The number of nitrogens with one attached hydrogen (secondary N) is 1. The van der Waals surface area contributed by atoms with Gasteiger partial charge in [0.1, 0.15) is 0 Å². The van der Waals surface area contributed by atoms with Crippen LogP contribution < -0.4 is 5.32 Å². The number of aromatic nitrogens is 2. The van der Waals surface area contributed by atoms with E-state index in [4.69, 9.17) is 11.6 Å². The Bertz CT molecular complexity index is 594. The molecule has 0 aliphatic rings. The number of thiophene rings is 1. The fourth-order valence-corrected chi connectivity index (χ4v) is 3.95. The molecule has 0 fully saturated rings. The zero-order chi connectivity index (χ0) is 15.4. The van der Waals surface area contributed by atoms with E-state index in [1.807, 2.05) is 13.0 Å². The van der Waals surface area contributed by atoms with E-state index in [1.165, 1.54) is 10.6 Å². The molecule has 0 saturated heterocycles. The van der Waals surface area contributed by atoms with Gasteiger partial charge in [-0.05, 0) is 54.9 Å². The fraction of sp³-hybridized carbons (Fsp3) is 0.533. The van der Waals surface area contributed by atoms with Gasteiger partial charge in [-0.3, -0.25) is 4.68 Å². The minimum Gasteiger partial charge on any atom is -0.309 e. The van der Waals surface area contributed by atoms with E-state index < -0.39 is 0 Å². The quantitative estimate of drug-likeness (QED) is 0.723. The molecular formula is C15H21BrClN3S. The Balaban J connectivity index is 2.26. The summed E-state index contributed by atoms with van der Waals surface area (Å²) in [6.07, 6.45) is 2.02. The third kappa shape index (κ3) is 4.09. The van der Waals surface area contributed by atoms with Gasteiger partial charge in [-0.15, -0.1) is 11.3 Å². The molecule has 2 aromatic rings. The predicted molar refractivity (Wildman–Crippen MR) is 94.4 cm³/mol. The molecule has 0 amide bonds. The van der Waals surface area contributed by atoms with Crippen LogP contribution in [0.5, 0.6) is 0 Å². The van der Waals surface area contributed by atoms with E-state index in [-0.39, 0.29) is 6.04 Å². The molecule has 1 atom stereocenters. The van der Waals surface area contributed by atoms with Crippen molar-refractivity contribution in [1.29, 1.82) is 0 Å². The van der Waals surface area contributed by atoms with Crippen LogP contribution in [0.1, 0.15) is 42.6 Å². The minimum atomic E-state index is 0.278. The summed E-state index contributed by atoms with van der Waals surface area (Å²) in [5, 5.41) is 8.21. The predicted octanol–water partition coefficient (Wildman–Crippen LogP) is 4.97. The Labute approximate surface area is 143 Å². The van der Waals surface area contributed by atoms with Gasteiger partial charge in [-0.1, -0.05) is 18.5 Å². The highest BCUT2D eigenvalue weighted by molar-refractivity contribution is 9.10. The second-order valence-electron chi connectivity index (χ2n) is 5.01. The molecule has 2 aromatic heterocycles. The monoisotopic (exact) mass is 389 g/mol. The van der Waals surface area contributed by atoms with E-state index in [0.29, 0.717) is 0 Å². The summed E-state index contributed by atoms with van der Waals surface area (Å²) >= 11 is 11.4. The molecule has 0 spiro atoms. The van der Waals surface area contributed by atoms with Crippen molar-refractivity contribution in [2.45, 2.75) is 46.2 Å². The zero-order valence-electron chi connectivity index (χ0n) is 12.6. The van der Waals surface area contributed by atoms with Crippen molar-refractivity contribution in [1.82, 2.24) is 15.1 Å². The Morgan fingerprint density at radius 1 is 1.43 bits per heavy atom. The molecular weight excluding hydrogens is 370 g/mol. The van der Waals surface area contributed by atoms with Gasteiger partial charge in [-0.2, -0.15) is 5.10 Å². The first-order valence-corrected chi connectivity index (χ1v) is 9.25. The summed E-state index contributed by atoms with van der Waals surface area (Å²) in [6.45, 7) is 8.22. The zero-order valence-corrected chi connectivity index (χ0v) is 15.8. The second-order valence-corrected chi connectivity index (χ2v) is 7.55. The first-order chi connectivity index (χ1) is 10.1. The Morgan fingerprint density at radius 2 is 2.19 bits per heavy atom. The lowest BCUT2D eigenvalue weighted by atomic mass is 10.1. The van der Waals surface area contributed by atoms with E-state index >= 15 is 0 Å². The third-order valence-electron chi connectivity index (χ3n) is 3.43. The lowest BCUT2D eigenvalue weighted by molar-refractivity contribution is 0.507. The maximum atomic E-state index is 6.10. The van der Waals surface area contributed by atoms with Crippen LogP contribution in [0.25, 0.3) is 0 Å². The van der Waals surface area contributed by atoms with Crippen LogP contribution in [0, 0.1) is 6.92 Å². The topological polar surface area (TPSA) is 29.9 Å². The maximum Gasteiger partial charge on any atom is 0.0931 e. The first-order valence-electron chi connectivity index (χ1n) is 7.27. The van der Waals surface area contributed by atoms with Crippen LogP contribution in [0.2, 0.25) is 4.34 Å². The van der Waals surface area contributed by atoms with E-state index in [2.05, 4.69) is 50.9 Å². The summed E-state index contributed by atoms with van der Waals surface area (Å²) in [7, 11) is 0. The van der Waals surface area contributed by atoms with E-state index in [0.717, 1.165) is 40.4 Å². The number of aryl methyl sites for hydroxylation is 2. The number of rotatable bonds is 7. The molecule has 1 unspecified atom stereocenters. The lowest BCUT2D eigenvalue weighted by Crippen LogP contribution is -2.24. The number of hydrogen-bond acceptors (Lipinski definition) is 3. The van der Waals surface area contributed by atoms with Crippen molar-refractivity contribution in [3.8, 4) is 0 Å². The highest BCUT2D eigenvalue weighted by atomic mass is 79.9. The molecule has 3 nitrogen and oxygen atoms in total. The Morgan fingerprint density at radius 3 is 2.76 bits per heavy atom. The van der Waals surface area contributed by atoms with Crippen molar-refractivity contribution >= 4 is 38.9 Å². The molecule has 0 aromatic carbocycles. The molecule has 0 aliphatic heterocycles. The van der Waals surface area contributed by atoms with Crippen molar-refractivity contribution in [3.05, 3.63) is 37.2 Å². The van der Waals surface area contributed by atoms with Gasteiger partial charge in [0.15, 0.2) is 0 Å². The van der Waals surface area contributed by atoms with Gasteiger partial charge in [0, 0.05) is 23.9 Å². The SMILES string of the molecule is CCCNC(Cc1c(Br)c(C)nn1CC)c1ccc(Cl)s1. The fourth-order valence-electron chi connectivity index (χ4n) is 2.36. The molecule has 2 rings (SSSR count). The molecule has 0 radical (unpaired) electrons. The summed E-state index contributed by atoms with van der Waals surface area (Å²) in [4.78, 5) is 1.28. The van der Waals surface area contributed by atoms with Crippen LogP contribution in [0.3, 0.4) is 0 Å². The van der Waals surface area contributed by atoms with Crippen molar-refractivity contribution in [2.24, 2.45) is 0 Å². The number of hydrogen-bond donors (Lipinski definition) is 1. The summed E-state index contributed by atoms with van der Waals surface area (Å²) in [6, 6.07) is 4.37. The minimum absolute atomic E-state index is 0.278. The molecule has 0 bridgehead atoms. The molecule has 6 heteroatoms. The summed E-state index contributed by atoms with van der Waals surface area (Å²) in [5.74, 6) is 0. The van der Waals surface area contributed by atoms with Gasteiger partial charge >= 0.3 is 0 Å². The molecule has 0 saturated carbocycles. The second kappa shape index (κ2) is 7.77. The van der Waals surface area contributed by atoms with Crippen molar-refractivity contribution in [2.75, 3.05) is 6.54 Å². The molecule has 2 heterocycles. The molecule has 0 aliphatic carbocycles. The first kappa shape index (κ1) is 17.0. The van der Waals surface area contributed by atoms with E-state index in [1.54, 1.807) is 11.3 Å². The van der Waals surface area contributed by atoms with E-state index in [9.17, 15) is 0 Å². The van der Waals surface area contributed by atoms with Gasteiger partial charge in [-0.25, -0.2) is 0 Å². The van der Waals surface area contributed by atoms with Crippen LogP contribution in [0.4, 0.5) is 0 Å². The maximum absolute atomic E-state index is 6.10. The number of nitrogens with zero attached hydrogens (tertiary/aromatic N) is 2. The smallest absolute Gasteiger partial charge is 0.0931 e. The average Bonchev–Trinajstić information content (AvgIpc) is 3.01. The molecule has 21 heavy (non-hydrogen) atoms. The third-order valence-corrected chi connectivity index (χ3v) is 5.80. The normalized spacial score (nSPS) is 12.8. The largest absolute Gasteiger partial charge is 0.309 e. The standard InChI is InChI=1S/C15H21BrClN3S/c1-4-8-18-11(13-6-7-14(17)21-13)9-12-15(16)10(3)19-20(12)5-2/h6-7,11,18H,4-5,8-9H2,1-3H3. The van der Waals surface area contributed by atoms with Crippen LogP contribution >= 0.6 is 38.9 Å². The van der Waals surface area contributed by atoms with Crippen molar-refractivity contribution < 1.29 is 0 Å². The molecule has 1 N–H and O–H groups in total. The van der Waals surface area contributed by atoms with Crippen LogP contribution in [-0.2, 0) is 13.0 Å². The highest BCUT2D eigenvalue weighted by Gasteiger charge is 2.20. The lowest BCUT2D eigenvalue weighted by Gasteiger charge is -2.18. The molecule has 116 valence electrons. The van der Waals surface area contributed by atoms with Crippen LogP contribution in [-0.4, -0.2) is 16.3 Å².